The Morgan fingerprint density at radius 1 is 1.07 bits per heavy atom. The molecular weight excluding hydrogens is 192 g/mol. The number of rotatable bonds is 1. The molecule has 1 aromatic heterocycles. The monoisotopic (exact) mass is 204 g/mol. The summed E-state index contributed by atoms with van der Waals surface area (Å²) in [4.78, 5) is 24.8. The number of carbonyl (C=O) groups excluding carboxylic acids is 2. The smallest absolute Gasteiger partial charge is 0.261 e. The summed E-state index contributed by atoms with van der Waals surface area (Å²) < 4.78 is 1.80. The Bertz CT molecular complexity index is 459. The van der Waals surface area contributed by atoms with Gasteiger partial charge in [-0.2, -0.15) is 0 Å². The molecule has 1 aliphatic rings. The third kappa shape index (κ3) is 1.29. The predicted octanol–water partition coefficient (Wildman–Crippen LogP) is 1.23. The summed E-state index contributed by atoms with van der Waals surface area (Å²) in [6.07, 6.45) is 3.56. The Kier molecular flexibility index (Phi) is 2.00. The molecule has 0 spiro atoms. The van der Waals surface area contributed by atoms with Gasteiger partial charge in [0, 0.05) is 30.6 Å². The minimum atomic E-state index is -0.219. The fraction of sp³-hybridized carbons (Fsp3) is 0.273. The first-order valence-electron chi connectivity index (χ1n) is 4.70. The molecule has 78 valence electrons. The first-order valence-corrected chi connectivity index (χ1v) is 4.70. The molecule has 0 bridgehead atoms. The van der Waals surface area contributed by atoms with Gasteiger partial charge in [-0.1, -0.05) is 0 Å². The minimum absolute atomic E-state index is 0.219. The summed E-state index contributed by atoms with van der Waals surface area (Å²) in [6.45, 7) is 3.36. The zero-order chi connectivity index (χ0) is 11.2. The van der Waals surface area contributed by atoms with E-state index in [9.17, 15) is 9.59 Å². The van der Waals surface area contributed by atoms with Gasteiger partial charge >= 0.3 is 0 Å². The van der Waals surface area contributed by atoms with E-state index in [0.29, 0.717) is 16.8 Å². The van der Waals surface area contributed by atoms with E-state index in [1.807, 2.05) is 7.05 Å². The van der Waals surface area contributed by atoms with Crippen molar-refractivity contribution in [1.82, 2.24) is 4.57 Å². The molecule has 0 fully saturated rings. The third-order valence-corrected chi connectivity index (χ3v) is 2.68. The lowest BCUT2D eigenvalue weighted by Crippen LogP contribution is -2.30. The maximum absolute atomic E-state index is 11.8. The number of amides is 2. The fourth-order valence-corrected chi connectivity index (χ4v) is 1.60. The van der Waals surface area contributed by atoms with Crippen molar-refractivity contribution in [2.45, 2.75) is 13.8 Å². The number of carbonyl (C=O) groups is 2. The Balaban J connectivity index is 2.43. The molecule has 0 unspecified atom stereocenters. The van der Waals surface area contributed by atoms with Gasteiger partial charge in [0.25, 0.3) is 11.8 Å². The zero-order valence-corrected chi connectivity index (χ0v) is 8.94. The number of hydrogen-bond acceptors (Lipinski definition) is 2. The topological polar surface area (TPSA) is 42.3 Å². The van der Waals surface area contributed by atoms with Gasteiger partial charge in [-0.3, -0.25) is 9.59 Å². The van der Waals surface area contributed by atoms with E-state index in [1.54, 1.807) is 36.9 Å². The van der Waals surface area contributed by atoms with E-state index in [2.05, 4.69) is 0 Å². The predicted molar refractivity (Wildman–Crippen MR) is 56.3 cm³/mol. The van der Waals surface area contributed by atoms with Crippen molar-refractivity contribution in [2.75, 3.05) is 4.90 Å². The molecule has 4 heteroatoms. The lowest BCUT2D eigenvalue weighted by Gasteiger charge is -2.11. The van der Waals surface area contributed by atoms with Crippen molar-refractivity contribution in [3.8, 4) is 0 Å². The quantitative estimate of drug-likeness (QED) is 0.646. The standard InChI is InChI=1S/C11H12N2O2/c1-7-8(2)11(15)13(10(7)14)9-4-5-12(3)6-9/h4-6H,1-3H3. The molecule has 0 atom stereocenters. The second-order valence-corrected chi connectivity index (χ2v) is 3.73. The van der Waals surface area contributed by atoms with E-state index in [4.69, 9.17) is 0 Å². The van der Waals surface area contributed by atoms with Crippen LogP contribution in [0.3, 0.4) is 0 Å². The lowest BCUT2D eigenvalue weighted by molar-refractivity contribution is -0.120. The van der Waals surface area contributed by atoms with Crippen molar-refractivity contribution in [3.05, 3.63) is 29.6 Å². The number of hydrogen-bond donors (Lipinski definition) is 0. The molecule has 0 N–H and O–H groups in total. The minimum Gasteiger partial charge on any atom is -0.355 e. The second kappa shape index (κ2) is 3.08. The highest BCUT2D eigenvalue weighted by Gasteiger charge is 2.34. The Labute approximate surface area is 87.8 Å². The van der Waals surface area contributed by atoms with Gasteiger partial charge in [0.1, 0.15) is 0 Å². The summed E-state index contributed by atoms with van der Waals surface area (Å²) in [7, 11) is 1.85. The summed E-state index contributed by atoms with van der Waals surface area (Å²) in [6, 6.07) is 1.75. The van der Waals surface area contributed by atoms with E-state index in [1.165, 1.54) is 4.90 Å². The molecule has 0 radical (unpaired) electrons. The zero-order valence-electron chi connectivity index (χ0n) is 8.94. The van der Waals surface area contributed by atoms with Gasteiger partial charge in [-0.05, 0) is 19.9 Å². The van der Waals surface area contributed by atoms with Crippen LogP contribution in [0.15, 0.2) is 29.6 Å². The van der Waals surface area contributed by atoms with Gasteiger partial charge < -0.3 is 4.57 Å². The summed E-state index contributed by atoms with van der Waals surface area (Å²) in [5.41, 5.74) is 1.69. The molecule has 4 nitrogen and oxygen atoms in total. The molecule has 15 heavy (non-hydrogen) atoms. The Morgan fingerprint density at radius 2 is 1.60 bits per heavy atom. The number of nitrogens with zero attached hydrogens (tertiary/aromatic N) is 2. The molecule has 2 rings (SSSR count). The Hall–Kier alpha value is -1.84. The number of aryl methyl sites for hydroxylation is 1. The van der Waals surface area contributed by atoms with Crippen LogP contribution in [0.4, 0.5) is 5.69 Å². The first-order chi connectivity index (χ1) is 7.02. The summed E-state index contributed by atoms with van der Waals surface area (Å²) in [5.74, 6) is -0.438. The number of imide groups is 1. The van der Waals surface area contributed by atoms with Crippen LogP contribution in [0.5, 0.6) is 0 Å². The fourth-order valence-electron chi connectivity index (χ4n) is 1.60. The van der Waals surface area contributed by atoms with Gasteiger partial charge in [0.05, 0.1) is 5.69 Å². The van der Waals surface area contributed by atoms with Gasteiger partial charge in [-0.15, -0.1) is 0 Å². The molecule has 0 aliphatic carbocycles. The average molecular weight is 204 g/mol. The van der Waals surface area contributed by atoms with Crippen LogP contribution in [0.25, 0.3) is 0 Å². The van der Waals surface area contributed by atoms with E-state index >= 15 is 0 Å². The summed E-state index contributed by atoms with van der Waals surface area (Å²) in [5, 5.41) is 0. The van der Waals surface area contributed by atoms with Gasteiger partial charge in [0.15, 0.2) is 0 Å². The van der Waals surface area contributed by atoms with Crippen LogP contribution in [0.2, 0.25) is 0 Å². The van der Waals surface area contributed by atoms with Crippen molar-refractivity contribution in [2.24, 2.45) is 7.05 Å². The highest BCUT2D eigenvalue weighted by Crippen LogP contribution is 2.26. The maximum Gasteiger partial charge on any atom is 0.261 e. The number of anilines is 1. The van der Waals surface area contributed by atoms with Crippen LogP contribution < -0.4 is 4.90 Å². The maximum atomic E-state index is 11.8. The van der Waals surface area contributed by atoms with Crippen LogP contribution in [-0.4, -0.2) is 16.4 Å². The lowest BCUT2D eigenvalue weighted by atomic mass is 10.2. The van der Waals surface area contributed by atoms with E-state index in [-0.39, 0.29) is 11.8 Å². The van der Waals surface area contributed by atoms with Crippen LogP contribution in [0, 0.1) is 0 Å². The molecular formula is C11H12N2O2. The first kappa shape index (κ1) is 9.71. The average Bonchev–Trinajstić information content (AvgIpc) is 2.68. The highest BCUT2D eigenvalue weighted by molar-refractivity contribution is 6.32. The SMILES string of the molecule is CC1=C(C)C(=O)N(c2ccn(C)c2)C1=O. The molecule has 1 aliphatic heterocycles. The van der Waals surface area contributed by atoms with E-state index < -0.39 is 0 Å². The Morgan fingerprint density at radius 3 is 2.00 bits per heavy atom. The van der Waals surface area contributed by atoms with Crippen LogP contribution in [-0.2, 0) is 16.6 Å². The largest absolute Gasteiger partial charge is 0.355 e. The molecule has 0 saturated carbocycles. The van der Waals surface area contributed by atoms with Crippen LogP contribution >= 0.6 is 0 Å². The molecule has 0 aromatic carbocycles. The van der Waals surface area contributed by atoms with Crippen molar-refractivity contribution in [3.63, 3.8) is 0 Å². The normalized spacial score (nSPS) is 16.9. The molecule has 2 amide bonds. The van der Waals surface area contributed by atoms with Crippen molar-refractivity contribution >= 4 is 17.5 Å². The molecule has 1 aromatic rings. The van der Waals surface area contributed by atoms with Crippen molar-refractivity contribution in [1.29, 1.82) is 0 Å². The molecule has 2 heterocycles. The van der Waals surface area contributed by atoms with Gasteiger partial charge in [0.2, 0.25) is 0 Å². The highest BCUT2D eigenvalue weighted by atomic mass is 16.2. The number of aromatic nitrogens is 1. The second-order valence-electron chi connectivity index (χ2n) is 3.73. The van der Waals surface area contributed by atoms with Crippen LogP contribution in [0.1, 0.15) is 13.8 Å². The van der Waals surface area contributed by atoms with Gasteiger partial charge in [-0.25, -0.2) is 4.90 Å². The molecule has 0 saturated heterocycles. The van der Waals surface area contributed by atoms with Crippen molar-refractivity contribution < 1.29 is 9.59 Å². The van der Waals surface area contributed by atoms with E-state index in [0.717, 1.165) is 0 Å². The third-order valence-electron chi connectivity index (χ3n) is 2.68. The summed E-state index contributed by atoms with van der Waals surface area (Å²) >= 11 is 0.